The highest BCUT2D eigenvalue weighted by Gasteiger charge is 2.59. The van der Waals surface area contributed by atoms with E-state index in [1.54, 1.807) is 0 Å². The Kier molecular flexibility index (Phi) is 4.95. The average molecular weight is 340 g/mol. The smallest absolute Gasteiger partial charge is 0.330 e. The summed E-state index contributed by atoms with van der Waals surface area (Å²) in [5, 5.41) is 9.38. The second-order valence-electron chi connectivity index (χ2n) is 4.45. The van der Waals surface area contributed by atoms with Crippen molar-refractivity contribution >= 4 is 8.25 Å². The average Bonchev–Trinajstić information content (AvgIpc) is 2.73. The number of aromatic amines is 1. The number of ether oxygens (including phenoxy) is 2. The molecule has 0 saturated carbocycles. The van der Waals surface area contributed by atoms with Gasteiger partial charge in [-0.2, -0.15) is 0 Å². The van der Waals surface area contributed by atoms with Gasteiger partial charge in [0.15, 0.2) is 18.5 Å². The number of alkyl halides is 1. The fraction of sp³-hybridized carbons (Fsp3) is 0.600. The summed E-state index contributed by atoms with van der Waals surface area (Å²) < 4.78 is 40.8. The second kappa shape index (κ2) is 6.41. The maximum absolute atomic E-state index is 14.5. The number of halogens is 1. The molecule has 0 spiro atoms. The molecule has 1 fully saturated rings. The third-order valence-electron chi connectivity index (χ3n) is 3.23. The highest BCUT2D eigenvalue weighted by Crippen LogP contribution is 2.43. The molecule has 12 heteroatoms. The zero-order valence-corrected chi connectivity index (χ0v) is 12.3. The SMILES string of the molecule is CO[C@]1(CO)OC(n2ccc(=O)[nH]c2=O)C(F)C1O[PH](=O)O. The number of rotatable bonds is 5. The van der Waals surface area contributed by atoms with Crippen LogP contribution in [0.25, 0.3) is 0 Å². The van der Waals surface area contributed by atoms with Crippen LogP contribution in [-0.2, 0) is 18.6 Å². The van der Waals surface area contributed by atoms with Gasteiger partial charge in [-0.15, -0.1) is 0 Å². The molecule has 3 N–H and O–H groups in total. The molecule has 0 bridgehead atoms. The van der Waals surface area contributed by atoms with E-state index >= 15 is 0 Å². The Morgan fingerprint density at radius 3 is 2.77 bits per heavy atom. The summed E-state index contributed by atoms with van der Waals surface area (Å²) in [4.78, 5) is 33.5. The molecule has 1 aromatic heterocycles. The third kappa shape index (κ3) is 2.91. The van der Waals surface area contributed by atoms with E-state index in [1.165, 1.54) is 0 Å². The summed E-state index contributed by atoms with van der Waals surface area (Å²) in [7, 11) is -2.49. The Labute approximate surface area is 123 Å². The van der Waals surface area contributed by atoms with Gasteiger partial charge in [-0.25, -0.2) is 9.18 Å². The molecule has 1 saturated heterocycles. The van der Waals surface area contributed by atoms with E-state index in [-0.39, 0.29) is 0 Å². The second-order valence-corrected chi connectivity index (χ2v) is 5.22. The lowest BCUT2D eigenvalue weighted by atomic mass is 10.1. The topological polar surface area (TPSA) is 140 Å². The highest BCUT2D eigenvalue weighted by atomic mass is 31.1. The molecule has 22 heavy (non-hydrogen) atoms. The molecule has 1 aliphatic rings. The number of H-pyrrole nitrogens is 1. The van der Waals surface area contributed by atoms with Crippen LogP contribution in [0.5, 0.6) is 0 Å². The van der Waals surface area contributed by atoms with Gasteiger partial charge >= 0.3 is 13.9 Å². The standard InChI is InChI=1S/C10H14FN2O8P/c1-19-10(4-14)7(21-22(17)18)6(11)8(20-10)13-3-2-5(15)12-9(13)16/h2-3,6-8,14,22H,4H2,1H3,(H,17,18)(H,12,15,16)/t6?,7?,8?,10-/m1/s1. The molecule has 0 radical (unpaired) electrons. The van der Waals surface area contributed by atoms with Crippen molar-refractivity contribution in [1.82, 2.24) is 9.55 Å². The lowest BCUT2D eigenvalue weighted by Gasteiger charge is -2.29. The molecule has 0 amide bonds. The summed E-state index contributed by atoms with van der Waals surface area (Å²) >= 11 is 0. The van der Waals surface area contributed by atoms with Gasteiger partial charge in [0, 0.05) is 19.4 Å². The van der Waals surface area contributed by atoms with Crippen molar-refractivity contribution in [1.29, 1.82) is 0 Å². The molecule has 4 unspecified atom stereocenters. The summed E-state index contributed by atoms with van der Waals surface area (Å²) in [6.07, 6.45) is -4.50. The minimum Gasteiger partial charge on any atom is -0.391 e. The van der Waals surface area contributed by atoms with Crippen LogP contribution in [0.4, 0.5) is 4.39 Å². The Morgan fingerprint density at radius 1 is 1.59 bits per heavy atom. The van der Waals surface area contributed by atoms with Crippen LogP contribution >= 0.6 is 8.25 Å². The first kappa shape index (κ1) is 17.0. The lowest BCUT2D eigenvalue weighted by molar-refractivity contribution is -0.266. The minimum absolute atomic E-state index is 0.692. The predicted octanol–water partition coefficient (Wildman–Crippen LogP) is -1.49. The maximum atomic E-state index is 14.5. The minimum atomic E-state index is -3.57. The Bertz CT molecular complexity index is 671. The van der Waals surface area contributed by atoms with Gasteiger partial charge < -0.3 is 19.5 Å². The van der Waals surface area contributed by atoms with Crippen molar-refractivity contribution in [2.75, 3.05) is 13.7 Å². The monoisotopic (exact) mass is 340 g/mol. The summed E-state index contributed by atoms with van der Waals surface area (Å²) in [6, 6.07) is 0.966. The van der Waals surface area contributed by atoms with Crippen molar-refractivity contribution in [3.05, 3.63) is 33.1 Å². The Hall–Kier alpha value is -1.36. The number of aliphatic hydroxyl groups excluding tert-OH is 1. The van der Waals surface area contributed by atoms with Gasteiger partial charge in [-0.3, -0.25) is 23.4 Å². The van der Waals surface area contributed by atoms with Gasteiger partial charge in [0.1, 0.15) is 6.61 Å². The fourth-order valence-electron chi connectivity index (χ4n) is 2.19. The van der Waals surface area contributed by atoms with E-state index < -0.39 is 50.4 Å². The molecule has 1 aromatic rings. The predicted molar refractivity (Wildman–Crippen MR) is 69.3 cm³/mol. The quantitative estimate of drug-likeness (QED) is 0.551. The zero-order valence-electron chi connectivity index (χ0n) is 11.3. The fourth-order valence-corrected chi connectivity index (χ4v) is 2.71. The normalized spacial score (nSPS) is 33.0. The van der Waals surface area contributed by atoms with Crippen molar-refractivity contribution in [3.8, 4) is 0 Å². The maximum Gasteiger partial charge on any atom is 0.330 e. The van der Waals surface area contributed by atoms with E-state index in [4.69, 9.17) is 14.4 Å². The number of hydrogen-bond acceptors (Lipinski definition) is 7. The molecular formula is C10H14FN2O8P. The number of hydrogen-bond donors (Lipinski definition) is 3. The Balaban J connectivity index is 2.45. The van der Waals surface area contributed by atoms with Crippen molar-refractivity contribution in [2.24, 2.45) is 0 Å². The highest BCUT2D eigenvalue weighted by molar-refractivity contribution is 7.32. The van der Waals surface area contributed by atoms with Crippen LogP contribution in [0.15, 0.2) is 21.9 Å². The molecule has 2 rings (SSSR count). The number of methoxy groups -OCH3 is 1. The van der Waals surface area contributed by atoms with Crippen LogP contribution in [0.3, 0.4) is 0 Å². The van der Waals surface area contributed by atoms with Crippen molar-refractivity contribution < 1.29 is 33.0 Å². The first-order chi connectivity index (χ1) is 10.3. The molecular weight excluding hydrogens is 326 g/mol. The van der Waals surface area contributed by atoms with Crippen LogP contribution < -0.4 is 11.2 Å². The number of nitrogens with zero attached hydrogens (tertiary/aromatic N) is 1. The van der Waals surface area contributed by atoms with E-state index in [0.717, 1.165) is 19.4 Å². The van der Waals surface area contributed by atoms with Crippen LogP contribution in [0.2, 0.25) is 0 Å². The molecule has 124 valence electrons. The largest absolute Gasteiger partial charge is 0.391 e. The van der Waals surface area contributed by atoms with Gasteiger partial charge in [0.2, 0.25) is 5.79 Å². The van der Waals surface area contributed by atoms with Gasteiger partial charge in [0.25, 0.3) is 5.56 Å². The van der Waals surface area contributed by atoms with Gasteiger partial charge in [-0.1, -0.05) is 0 Å². The Morgan fingerprint density at radius 2 is 2.27 bits per heavy atom. The van der Waals surface area contributed by atoms with Gasteiger partial charge in [0.05, 0.1) is 0 Å². The first-order valence-corrected chi connectivity index (χ1v) is 7.30. The van der Waals surface area contributed by atoms with Crippen molar-refractivity contribution in [2.45, 2.75) is 24.3 Å². The van der Waals surface area contributed by atoms with Crippen molar-refractivity contribution in [3.63, 3.8) is 0 Å². The van der Waals surface area contributed by atoms with E-state index in [0.29, 0.717) is 4.57 Å². The van der Waals surface area contributed by atoms with E-state index in [2.05, 4.69) is 4.52 Å². The first-order valence-electron chi connectivity index (χ1n) is 6.03. The number of aromatic nitrogens is 2. The van der Waals surface area contributed by atoms with Crippen LogP contribution in [-0.4, -0.2) is 51.3 Å². The third-order valence-corrected chi connectivity index (χ3v) is 3.69. The molecule has 0 aliphatic carbocycles. The molecule has 5 atom stereocenters. The summed E-state index contributed by atoms with van der Waals surface area (Å²) in [6.45, 7) is -0.891. The molecule has 10 nitrogen and oxygen atoms in total. The number of nitrogens with one attached hydrogen (secondary N) is 1. The zero-order chi connectivity index (χ0) is 16.5. The van der Waals surface area contributed by atoms with E-state index in [1.807, 2.05) is 4.98 Å². The van der Waals surface area contributed by atoms with Crippen LogP contribution in [0.1, 0.15) is 6.23 Å². The van der Waals surface area contributed by atoms with Gasteiger partial charge in [-0.05, 0) is 0 Å². The summed E-state index contributed by atoms with van der Waals surface area (Å²) in [5.41, 5.74) is -1.65. The molecule has 2 heterocycles. The van der Waals surface area contributed by atoms with Crippen LogP contribution in [0, 0.1) is 0 Å². The number of aliphatic hydroxyl groups is 1. The summed E-state index contributed by atoms with van der Waals surface area (Å²) in [5.74, 6) is -2.07. The van der Waals surface area contributed by atoms with E-state index in [9.17, 15) is 23.7 Å². The lowest BCUT2D eigenvalue weighted by Crippen LogP contribution is -2.47. The molecule has 0 aromatic carbocycles. The molecule has 1 aliphatic heterocycles.